The third kappa shape index (κ3) is 7.24. The minimum atomic E-state index is -1.26. The van der Waals surface area contributed by atoms with Gasteiger partial charge in [0.2, 0.25) is 0 Å². The van der Waals surface area contributed by atoms with Gasteiger partial charge in [0, 0.05) is 36.2 Å². The third-order valence-corrected chi connectivity index (χ3v) is 13.0. The van der Waals surface area contributed by atoms with Crippen molar-refractivity contribution in [2.75, 3.05) is 13.2 Å². The number of carboxylic acid groups (broad SMARTS) is 2. The number of ether oxygens (including phenoxy) is 2. The minimum absolute atomic E-state index is 0.160. The molecule has 4 N–H and O–H groups in total. The van der Waals surface area contributed by atoms with Gasteiger partial charge in [-0.05, 0) is 86.9 Å². The van der Waals surface area contributed by atoms with Crippen LogP contribution in [0, 0.1) is 57.2 Å². The lowest BCUT2D eigenvalue weighted by Crippen LogP contribution is -2.54. The molecule has 6 aliphatic rings. The fourth-order valence-corrected chi connectivity index (χ4v) is 9.60. The van der Waals surface area contributed by atoms with Gasteiger partial charge >= 0.3 is 35.8 Å². The molecule has 0 amide bonds. The number of hydrogen-bond donors (Lipinski definition) is 4. The first-order valence-electron chi connectivity index (χ1n) is 17.9. The number of rotatable bonds is 16. The minimum Gasteiger partial charge on any atom is -0.481 e. The second-order valence-electron chi connectivity index (χ2n) is 15.2. The average Bonchev–Trinajstić information content (AvgIpc) is 3.12. The van der Waals surface area contributed by atoms with E-state index in [0.717, 1.165) is 0 Å². The van der Waals surface area contributed by atoms with Gasteiger partial charge < -0.3 is 29.9 Å². The van der Waals surface area contributed by atoms with E-state index in [-0.39, 0.29) is 13.2 Å². The molecule has 0 spiro atoms. The lowest BCUT2D eigenvalue weighted by atomic mass is 9.50. The molecule has 0 radical (unpaired) electrons. The Morgan fingerprint density at radius 2 is 1.00 bits per heavy atom. The van der Waals surface area contributed by atoms with Gasteiger partial charge in [-0.15, -0.1) is 0 Å². The predicted octanol–water partition coefficient (Wildman–Crippen LogP) is 4.63. The van der Waals surface area contributed by atoms with Crippen molar-refractivity contribution in [1.82, 2.24) is 0 Å². The Hall–Kier alpha value is -3.64. The highest BCUT2D eigenvalue weighted by Crippen LogP contribution is 2.60. The number of aliphatic hydroxyl groups is 2. The largest absolute Gasteiger partial charge is 0.481 e. The van der Waals surface area contributed by atoms with Gasteiger partial charge in [-0.3, -0.25) is 19.2 Å². The van der Waals surface area contributed by atoms with Gasteiger partial charge in [0.1, 0.15) is 0 Å². The van der Waals surface area contributed by atoms with Crippen molar-refractivity contribution in [1.29, 1.82) is 0 Å². The van der Waals surface area contributed by atoms with Gasteiger partial charge in [0.15, 0.2) is 0 Å². The number of carbonyl (C=O) groups excluding carboxylic acids is 4. The summed E-state index contributed by atoms with van der Waals surface area (Å²) in [6.07, 6.45) is 13.5. The Kier molecular flexibility index (Phi) is 12.0. The van der Waals surface area contributed by atoms with Crippen molar-refractivity contribution in [2.45, 2.75) is 91.9 Å². The van der Waals surface area contributed by atoms with Crippen LogP contribution in [0.1, 0.15) is 91.9 Å². The summed E-state index contributed by atoms with van der Waals surface area (Å²) in [5, 5.41) is 40.9. The highest BCUT2D eigenvalue weighted by atomic mass is 16.6. The van der Waals surface area contributed by atoms with Crippen LogP contribution in [0.2, 0.25) is 0 Å². The molecule has 6 aliphatic carbocycles. The van der Waals surface area contributed by atoms with Crippen molar-refractivity contribution in [2.24, 2.45) is 57.2 Å². The van der Waals surface area contributed by atoms with Crippen LogP contribution < -0.4 is 0 Å². The van der Waals surface area contributed by atoms with Crippen LogP contribution in [0.3, 0.4) is 0 Å². The Balaban J connectivity index is 1.51. The molecule has 8 atom stereocenters. The molecular weight excluding hydrogens is 648 g/mol. The zero-order valence-corrected chi connectivity index (χ0v) is 29.5. The van der Waals surface area contributed by atoms with E-state index in [4.69, 9.17) is 9.47 Å². The number of aliphatic hydroxyl groups excluding tert-OH is 2. The molecule has 50 heavy (non-hydrogen) atoms. The van der Waals surface area contributed by atoms with Crippen LogP contribution in [0.15, 0.2) is 36.5 Å². The Bertz CT molecular complexity index is 1310. The predicted molar refractivity (Wildman–Crippen MR) is 179 cm³/mol. The number of hydrogen-bond acceptors (Lipinski definition) is 10. The molecule has 12 heteroatoms. The van der Waals surface area contributed by atoms with E-state index in [9.17, 15) is 49.2 Å². The number of fused-ring (bicyclic) bond motifs is 4. The Morgan fingerprint density at radius 3 is 1.24 bits per heavy atom. The van der Waals surface area contributed by atoms with Crippen LogP contribution in [-0.4, -0.2) is 69.5 Å². The number of carboxylic acids is 2. The van der Waals surface area contributed by atoms with Crippen LogP contribution in [-0.2, 0) is 38.2 Å². The molecule has 4 bridgehead atoms. The summed E-state index contributed by atoms with van der Waals surface area (Å²) in [5.74, 6) is -12.6. The smallest absolute Gasteiger partial charge is 0.338 e. The van der Waals surface area contributed by atoms with E-state index < -0.39 is 93.0 Å². The summed E-state index contributed by atoms with van der Waals surface area (Å²) in [7, 11) is 0. The van der Waals surface area contributed by atoms with Gasteiger partial charge in [-0.1, -0.05) is 52.0 Å². The van der Waals surface area contributed by atoms with E-state index >= 15 is 0 Å². The lowest BCUT2D eigenvalue weighted by Gasteiger charge is -2.53. The SMILES string of the molecule is CCC(CC)(CO)CC12C=CC(CC1)C(C(=O)O)C2C(=O)OC(=O)/C=C\C(=O)OC(=O)C1C(C(=O)O)C2C=CC1(CC(CC)(CC)CO)CC2. The summed E-state index contributed by atoms with van der Waals surface area (Å²) in [5.41, 5.74) is -3.08. The normalized spacial score (nSPS) is 31.5. The molecule has 0 heterocycles. The quantitative estimate of drug-likeness (QED) is 0.0754. The molecule has 0 aromatic carbocycles. The third-order valence-electron chi connectivity index (χ3n) is 13.0. The fraction of sp³-hybridized carbons (Fsp3) is 0.684. The Morgan fingerprint density at radius 1 is 0.660 bits per heavy atom. The van der Waals surface area contributed by atoms with Crippen molar-refractivity contribution < 1.29 is 58.7 Å². The van der Waals surface area contributed by atoms with E-state index in [1.165, 1.54) is 0 Å². The summed E-state index contributed by atoms with van der Waals surface area (Å²) in [6, 6.07) is 0. The summed E-state index contributed by atoms with van der Waals surface area (Å²) in [6.45, 7) is 7.36. The second-order valence-corrected chi connectivity index (χ2v) is 15.2. The van der Waals surface area contributed by atoms with Crippen LogP contribution >= 0.6 is 0 Å². The molecule has 0 aliphatic heterocycles. The molecule has 12 nitrogen and oxygen atoms in total. The van der Waals surface area contributed by atoms with Gasteiger partial charge in [-0.25, -0.2) is 9.59 Å². The van der Waals surface area contributed by atoms with Crippen LogP contribution in [0.5, 0.6) is 0 Å². The summed E-state index contributed by atoms with van der Waals surface area (Å²) >= 11 is 0. The highest BCUT2D eigenvalue weighted by Gasteiger charge is 2.60. The van der Waals surface area contributed by atoms with E-state index in [0.29, 0.717) is 76.4 Å². The number of carbonyl (C=O) groups is 6. The maximum absolute atomic E-state index is 13.6. The monoisotopic (exact) mass is 700 g/mol. The van der Waals surface area contributed by atoms with Crippen molar-refractivity contribution in [3.8, 4) is 0 Å². The molecule has 0 saturated heterocycles. The molecule has 6 rings (SSSR count). The molecule has 0 aromatic heterocycles. The summed E-state index contributed by atoms with van der Waals surface area (Å²) < 4.78 is 10.2. The highest BCUT2D eigenvalue weighted by molar-refractivity contribution is 6.01. The van der Waals surface area contributed by atoms with Gasteiger partial charge in [0.25, 0.3) is 0 Å². The molecular formula is C38H52O12. The maximum atomic E-state index is 13.6. The van der Waals surface area contributed by atoms with Crippen LogP contribution in [0.4, 0.5) is 0 Å². The molecule has 2 saturated carbocycles. The van der Waals surface area contributed by atoms with E-state index in [1.54, 1.807) is 12.2 Å². The van der Waals surface area contributed by atoms with Gasteiger partial charge in [-0.2, -0.15) is 0 Å². The summed E-state index contributed by atoms with van der Waals surface area (Å²) in [4.78, 5) is 77.8. The lowest BCUT2D eigenvalue weighted by molar-refractivity contribution is -0.176. The number of aliphatic carboxylic acids is 2. The molecule has 0 aromatic rings. The van der Waals surface area contributed by atoms with Crippen molar-refractivity contribution in [3.05, 3.63) is 36.5 Å². The first kappa shape index (κ1) is 39.2. The second kappa shape index (κ2) is 15.3. The van der Waals surface area contributed by atoms with Crippen LogP contribution in [0.25, 0.3) is 0 Å². The first-order chi connectivity index (χ1) is 23.6. The first-order valence-corrected chi connectivity index (χ1v) is 17.9. The number of esters is 4. The standard InChI is InChI=1S/C38H52O12/c1-5-35(6-2,21-39)19-37-15-11-23(12-16-37)27(31(43)44)29(37)33(47)49-25(41)9-10-26(42)50-34(48)30-28(32(45)46)24-13-17-38(30,18-14-24)20-36(7-3,8-4)22-40/h9-11,13,15,17,23-24,27-30,39-40H,5-8,12,14,16,18-22H2,1-4H3,(H,43,44)(H,45,46)/b10-9-. The average molecular weight is 701 g/mol. The number of allylic oxidation sites excluding steroid dienone is 4. The molecule has 2 fully saturated rings. The topological polar surface area (TPSA) is 202 Å². The molecule has 8 unspecified atom stereocenters. The van der Waals surface area contributed by atoms with Gasteiger partial charge in [0.05, 0.1) is 23.7 Å². The van der Waals surface area contributed by atoms with Crippen molar-refractivity contribution in [3.63, 3.8) is 0 Å². The Labute approximate surface area is 293 Å². The van der Waals surface area contributed by atoms with Crippen molar-refractivity contribution >= 4 is 35.8 Å². The zero-order chi connectivity index (χ0) is 37.1. The van der Waals surface area contributed by atoms with E-state index in [2.05, 4.69) is 0 Å². The van der Waals surface area contributed by atoms with E-state index in [1.807, 2.05) is 39.8 Å². The zero-order valence-electron chi connectivity index (χ0n) is 29.5. The maximum Gasteiger partial charge on any atom is 0.338 e. The molecule has 276 valence electrons. The fourth-order valence-electron chi connectivity index (χ4n) is 9.60.